The van der Waals surface area contributed by atoms with E-state index >= 15 is 0 Å². The largest absolute Gasteiger partial charge is 0.519 e. The number of hydrogen-bond acceptors (Lipinski definition) is 7. The molecule has 0 unspecified atom stereocenters. The van der Waals surface area contributed by atoms with Gasteiger partial charge in [-0.1, -0.05) is 0 Å². The van der Waals surface area contributed by atoms with Crippen molar-refractivity contribution in [3.05, 3.63) is 68.8 Å². The van der Waals surface area contributed by atoms with Gasteiger partial charge in [0.25, 0.3) is 11.4 Å². The van der Waals surface area contributed by atoms with Crippen molar-refractivity contribution in [2.45, 2.75) is 0 Å². The highest BCUT2D eigenvalue weighted by Gasteiger charge is 2.11. The minimum atomic E-state index is -1.07. The molecule has 0 N–H and O–H groups in total. The fourth-order valence-electron chi connectivity index (χ4n) is 1.49. The molecule has 0 radical (unpaired) electrons. The third kappa shape index (κ3) is 4.93. The lowest BCUT2D eigenvalue weighted by Gasteiger charge is -2.05. The Morgan fingerprint density at radius 1 is 0.739 bits per heavy atom. The zero-order valence-corrected chi connectivity index (χ0v) is 12.1. The van der Waals surface area contributed by atoms with E-state index in [2.05, 4.69) is 0 Å². The molecule has 0 heterocycles. The predicted molar refractivity (Wildman–Crippen MR) is 80.1 cm³/mol. The van der Waals surface area contributed by atoms with E-state index in [-0.39, 0.29) is 35.3 Å². The number of carbonyl (C=O) groups is 1. The third-order valence-electron chi connectivity index (χ3n) is 2.50. The van der Waals surface area contributed by atoms with Gasteiger partial charge in [-0.15, -0.1) is 12.4 Å². The van der Waals surface area contributed by atoms with Gasteiger partial charge in [0.05, 0.1) is 9.85 Å². The van der Waals surface area contributed by atoms with Crippen molar-refractivity contribution in [1.82, 2.24) is 0 Å². The maximum Gasteiger partial charge on any atom is 0.519 e. The standard InChI is InChI=1S/C13H8N2O7.ClH/c16-13(21-11-5-1-9(2-6-11)14(17)18)22-12-7-3-10(4-8-12)15(19)20;/h1-8H;1H. The van der Waals surface area contributed by atoms with Gasteiger partial charge in [-0.05, 0) is 24.3 Å². The van der Waals surface area contributed by atoms with Crippen molar-refractivity contribution in [3.63, 3.8) is 0 Å². The summed E-state index contributed by atoms with van der Waals surface area (Å²) in [5, 5.41) is 21.0. The predicted octanol–water partition coefficient (Wildman–Crippen LogP) is 3.50. The molecular weight excluding hydrogens is 332 g/mol. The van der Waals surface area contributed by atoms with Crippen LogP contribution in [0.3, 0.4) is 0 Å². The second-order valence-electron chi connectivity index (χ2n) is 3.96. The number of nitrogens with zero attached hydrogens (tertiary/aromatic N) is 2. The zero-order chi connectivity index (χ0) is 16.1. The van der Waals surface area contributed by atoms with Crippen LogP contribution in [0.1, 0.15) is 0 Å². The van der Waals surface area contributed by atoms with Crippen LogP contribution in [0.5, 0.6) is 11.5 Å². The minimum absolute atomic E-state index is 0. The highest BCUT2D eigenvalue weighted by Crippen LogP contribution is 2.20. The number of non-ortho nitro benzene ring substituents is 2. The topological polar surface area (TPSA) is 122 Å². The molecule has 0 saturated carbocycles. The molecule has 0 amide bonds. The van der Waals surface area contributed by atoms with Crippen LogP contribution in [-0.2, 0) is 0 Å². The molecule has 23 heavy (non-hydrogen) atoms. The van der Waals surface area contributed by atoms with Crippen molar-refractivity contribution >= 4 is 29.9 Å². The Morgan fingerprint density at radius 3 is 1.30 bits per heavy atom. The van der Waals surface area contributed by atoms with E-state index in [9.17, 15) is 25.0 Å². The molecule has 0 atom stereocenters. The van der Waals surface area contributed by atoms with Gasteiger partial charge >= 0.3 is 6.16 Å². The van der Waals surface area contributed by atoms with Crippen LogP contribution >= 0.6 is 12.4 Å². The van der Waals surface area contributed by atoms with E-state index in [1.165, 1.54) is 48.5 Å². The quantitative estimate of drug-likeness (QED) is 0.361. The normalized spacial score (nSPS) is 9.39. The van der Waals surface area contributed by atoms with Gasteiger partial charge in [-0.2, -0.15) is 0 Å². The number of carbonyl (C=O) groups excluding carboxylic acids is 1. The fraction of sp³-hybridized carbons (Fsp3) is 0. The lowest BCUT2D eigenvalue weighted by molar-refractivity contribution is -0.385. The maximum absolute atomic E-state index is 11.5. The molecule has 2 aromatic rings. The van der Waals surface area contributed by atoms with E-state index in [0.717, 1.165) is 0 Å². The van der Waals surface area contributed by atoms with Crippen LogP contribution in [0.4, 0.5) is 16.2 Å². The number of halogens is 1. The average molecular weight is 341 g/mol. The van der Waals surface area contributed by atoms with E-state index in [1.807, 2.05) is 0 Å². The summed E-state index contributed by atoms with van der Waals surface area (Å²) in [5.74, 6) is 0.134. The zero-order valence-electron chi connectivity index (χ0n) is 11.3. The van der Waals surface area contributed by atoms with E-state index in [1.54, 1.807) is 0 Å². The summed E-state index contributed by atoms with van der Waals surface area (Å²) in [7, 11) is 0. The molecule has 0 saturated heterocycles. The fourth-order valence-corrected chi connectivity index (χ4v) is 1.49. The summed E-state index contributed by atoms with van der Waals surface area (Å²) < 4.78 is 9.63. The lowest BCUT2D eigenvalue weighted by atomic mass is 10.3. The molecule has 0 aliphatic carbocycles. The van der Waals surface area contributed by atoms with Gasteiger partial charge in [0.1, 0.15) is 11.5 Å². The van der Waals surface area contributed by atoms with Crippen LogP contribution in [0.15, 0.2) is 48.5 Å². The van der Waals surface area contributed by atoms with Crippen molar-refractivity contribution in [3.8, 4) is 11.5 Å². The van der Waals surface area contributed by atoms with Crippen molar-refractivity contribution in [1.29, 1.82) is 0 Å². The molecule has 0 bridgehead atoms. The number of rotatable bonds is 4. The Hall–Kier alpha value is -3.20. The minimum Gasteiger partial charge on any atom is -0.395 e. The second-order valence-corrected chi connectivity index (χ2v) is 3.96. The number of benzene rings is 2. The van der Waals surface area contributed by atoms with Crippen LogP contribution < -0.4 is 9.47 Å². The van der Waals surface area contributed by atoms with Gasteiger partial charge in [-0.25, -0.2) is 4.79 Å². The van der Waals surface area contributed by atoms with Gasteiger partial charge in [0.15, 0.2) is 0 Å². The number of nitro groups is 2. The van der Waals surface area contributed by atoms with Crippen LogP contribution in [0, 0.1) is 20.2 Å². The smallest absolute Gasteiger partial charge is 0.395 e. The van der Waals surface area contributed by atoms with Gasteiger partial charge in [0.2, 0.25) is 0 Å². The van der Waals surface area contributed by atoms with Crippen molar-refractivity contribution in [2.75, 3.05) is 0 Å². The van der Waals surface area contributed by atoms with Gasteiger partial charge in [-0.3, -0.25) is 20.2 Å². The molecule has 0 aliphatic heterocycles. The molecule has 0 aliphatic rings. The SMILES string of the molecule is Cl.O=C(Oc1ccc([N+](=O)[O-])cc1)Oc1ccc([N+](=O)[O-])cc1. The molecule has 2 rings (SSSR count). The first-order chi connectivity index (χ1) is 10.5. The Kier molecular flexibility index (Phi) is 5.98. The van der Waals surface area contributed by atoms with E-state index < -0.39 is 16.0 Å². The van der Waals surface area contributed by atoms with Gasteiger partial charge in [0, 0.05) is 24.3 Å². The number of ether oxygens (including phenoxy) is 2. The summed E-state index contributed by atoms with van der Waals surface area (Å²) in [6.07, 6.45) is -1.07. The maximum atomic E-state index is 11.5. The summed E-state index contributed by atoms with van der Waals surface area (Å²) in [6.45, 7) is 0. The Labute approximate surface area is 135 Å². The Morgan fingerprint density at radius 2 is 1.04 bits per heavy atom. The highest BCUT2D eigenvalue weighted by molar-refractivity contribution is 5.85. The van der Waals surface area contributed by atoms with E-state index in [4.69, 9.17) is 9.47 Å². The van der Waals surface area contributed by atoms with Crippen LogP contribution in [0.25, 0.3) is 0 Å². The lowest BCUT2D eigenvalue weighted by Crippen LogP contribution is -2.13. The average Bonchev–Trinajstić information content (AvgIpc) is 2.48. The molecule has 9 nitrogen and oxygen atoms in total. The summed E-state index contributed by atoms with van der Waals surface area (Å²) >= 11 is 0. The number of nitro benzene ring substituents is 2. The molecular formula is C13H9ClN2O7. The van der Waals surface area contributed by atoms with Crippen LogP contribution in [-0.4, -0.2) is 16.0 Å². The van der Waals surface area contributed by atoms with Crippen LogP contribution in [0.2, 0.25) is 0 Å². The first kappa shape index (κ1) is 17.9. The Bertz CT molecular complexity index is 655. The monoisotopic (exact) mass is 340 g/mol. The first-order valence-corrected chi connectivity index (χ1v) is 5.84. The highest BCUT2D eigenvalue weighted by atomic mass is 35.5. The second kappa shape index (κ2) is 7.71. The molecule has 0 aromatic heterocycles. The first-order valence-electron chi connectivity index (χ1n) is 5.84. The van der Waals surface area contributed by atoms with Crippen molar-refractivity contribution in [2.24, 2.45) is 0 Å². The Balaban J connectivity index is 0.00000264. The molecule has 120 valence electrons. The van der Waals surface area contributed by atoms with Gasteiger partial charge < -0.3 is 9.47 Å². The van der Waals surface area contributed by atoms with E-state index in [0.29, 0.717) is 0 Å². The molecule has 2 aromatic carbocycles. The summed E-state index contributed by atoms with van der Waals surface area (Å²) in [5.41, 5.74) is -0.285. The number of hydrogen-bond donors (Lipinski definition) is 0. The van der Waals surface area contributed by atoms with Crippen molar-refractivity contribution < 1.29 is 24.1 Å². The third-order valence-corrected chi connectivity index (χ3v) is 2.50. The molecule has 10 heteroatoms. The molecule has 0 fully saturated rings. The molecule has 0 spiro atoms. The summed E-state index contributed by atoms with van der Waals surface area (Å²) in [4.78, 5) is 31.3. The summed E-state index contributed by atoms with van der Waals surface area (Å²) in [6, 6.07) is 9.68.